The lowest BCUT2D eigenvalue weighted by Crippen LogP contribution is -1.97. The Morgan fingerprint density at radius 1 is 1.45 bits per heavy atom. The van der Waals surface area contributed by atoms with Crippen LogP contribution >= 0.6 is 11.5 Å². The van der Waals surface area contributed by atoms with E-state index in [-0.39, 0.29) is 16.7 Å². The minimum Gasteiger partial charge on any atom is -0.427 e. The fourth-order valence-corrected chi connectivity index (χ4v) is 2.06. The van der Waals surface area contributed by atoms with Crippen molar-refractivity contribution in [2.45, 2.75) is 13.3 Å². The molecule has 7 heteroatoms. The van der Waals surface area contributed by atoms with Gasteiger partial charge in [0.1, 0.15) is 5.82 Å². The maximum absolute atomic E-state index is 13.8. The summed E-state index contributed by atoms with van der Waals surface area (Å²) in [7, 11) is 1.59. The maximum Gasteiger partial charge on any atom is 0.298 e. The smallest absolute Gasteiger partial charge is 0.298 e. The molecule has 2 aromatic rings. The molecule has 0 aliphatic carbocycles. The van der Waals surface area contributed by atoms with Gasteiger partial charge in [-0.3, -0.25) is 4.79 Å². The highest BCUT2D eigenvalue weighted by Gasteiger charge is 2.11. The number of benzene rings is 1. The molecule has 5 nitrogen and oxygen atoms in total. The molecular formula is C13H13FN2O3S. The summed E-state index contributed by atoms with van der Waals surface area (Å²) in [6, 6.07) is 4.06. The first-order valence-electron chi connectivity index (χ1n) is 5.90. The molecular weight excluding hydrogens is 283 g/mol. The molecule has 0 aliphatic rings. The molecule has 2 rings (SSSR count). The highest BCUT2D eigenvalue weighted by Crippen LogP contribution is 2.26. The number of carbonyl (C=O) groups is 1. The van der Waals surface area contributed by atoms with Crippen molar-refractivity contribution in [2.24, 2.45) is 0 Å². The molecule has 0 N–H and O–H groups in total. The Bertz CT molecular complexity index is 615. The minimum atomic E-state index is -0.605. The zero-order chi connectivity index (χ0) is 14.5. The van der Waals surface area contributed by atoms with Gasteiger partial charge < -0.3 is 9.47 Å². The molecule has 0 amide bonds. The van der Waals surface area contributed by atoms with E-state index in [1.807, 2.05) is 0 Å². The quantitative estimate of drug-likeness (QED) is 0.767. The van der Waals surface area contributed by atoms with Crippen LogP contribution in [-0.4, -0.2) is 28.9 Å². The summed E-state index contributed by atoms with van der Waals surface area (Å²) in [5.41, 5.74) is 0.299. The molecule has 20 heavy (non-hydrogen) atoms. The SMILES string of the molecule is COCCc1nsc(Oc2ccc(C(C)=O)cc2F)n1. The maximum atomic E-state index is 13.8. The Kier molecular flexibility index (Phi) is 4.75. The Morgan fingerprint density at radius 2 is 2.25 bits per heavy atom. The Labute approximate surface area is 119 Å². The van der Waals surface area contributed by atoms with E-state index in [0.717, 1.165) is 17.6 Å². The van der Waals surface area contributed by atoms with Gasteiger partial charge in [-0.1, -0.05) is 0 Å². The van der Waals surface area contributed by atoms with Crippen LogP contribution < -0.4 is 4.74 Å². The molecule has 1 aromatic carbocycles. The lowest BCUT2D eigenvalue weighted by atomic mass is 10.1. The molecule has 0 radical (unpaired) electrons. The number of Topliss-reactive ketones (excluding diaryl/α,β-unsaturated/α-hetero) is 1. The lowest BCUT2D eigenvalue weighted by Gasteiger charge is -2.03. The zero-order valence-electron chi connectivity index (χ0n) is 11.1. The third-order valence-corrected chi connectivity index (χ3v) is 3.15. The summed E-state index contributed by atoms with van der Waals surface area (Å²) in [6.45, 7) is 1.89. The van der Waals surface area contributed by atoms with Gasteiger partial charge in [-0.15, -0.1) is 0 Å². The highest BCUT2D eigenvalue weighted by molar-refractivity contribution is 7.07. The third-order valence-electron chi connectivity index (χ3n) is 2.51. The minimum absolute atomic E-state index is 0.0180. The van der Waals surface area contributed by atoms with E-state index in [9.17, 15) is 9.18 Å². The van der Waals surface area contributed by atoms with Gasteiger partial charge in [0.25, 0.3) is 5.19 Å². The first-order chi connectivity index (χ1) is 9.60. The van der Waals surface area contributed by atoms with E-state index >= 15 is 0 Å². The topological polar surface area (TPSA) is 61.3 Å². The normalized spacial score (nSPS) is 10.6. The van der Waals surface area contributed by atoms with Crippen LogP contribution in [0.3, 0.4) is 0 Å². The van der Waals surface area contributed by atoms with Crippen LogP contribution in [0, 0.1) is 5.82 Å². The second-order valence-electron chi connectivity index (χ2n) is 4.02. The van der Waals surface area contributed by atoms with Crippen molar-refractivity contribution in [1.29, 1.82) is 0 Å². The number of hydrogen-bond acceptors (Lipinski definition) is 6. The Morgan fingerprint density at radius 3 is 2.90 bits per heavy atom. The van der Waals surface area contributed by atoms with Gasteiger partial charge in [-0.2, -0.15) is 9.36 Å². The van der Waals surface area contributed by atoms with E-state index in [0.29, 0.717) is 24.4 Å². The molecule has 0 atom stereocenters. The summed E-state index contributed by atoms with van der Waals surface area (Å²) in [5, 5.41) is 0.255. The average molecular weight is 296 g/mol. The molecule has 0 aliphatic heterocycles. The Hall–Kier alpha value is -1.86. The van der Waals surface area contributed by atoms with Gasteiger partial charge in [0.2, 0.25) is 0 Å². The monoisotopic (exact) mass is 296 g/mol. The van der Waals surface area contributed by atoms with Crippen LogP contribution in [0.25, 0.3) is 0 Å². The van der Waals surface area contributed by atoms with E-state index in [1.54, 1.807) is 7.11 Å². The van der Waals surface area contributed by atoms with Crippen molar-refractivity contribution in [2.75, 3.05) is 13.7 Å². The summed E-state index contributed by atoms with van der Waals surface area (Å²) < 4.78 is 28.1. The van der Waals surface area contributed by atoms with Crippen LogP contribution in [0.5, 0.6) is 10.9 Å². The second-order valence-corrected chi connectivity index (χ2v) is 4.74. The second kappa shape index (κ2) is 6.53. The van der Waals surface area contributed by atoms with E-state index < -0.39 is 5.82 Å². The van der Waals surface area contributed by atoms with E-state index in [2.05, 4.69) is 9.36 Å². The van der Waals surface area contributed by atoms with Gasteiger partial charge in [-0.25, -0.2) is 4.39 Å². The molecule has 0 bridgehead atoms. The fourth-order valence-electron chi connectivity index (χ4n) is 1.47. The van der Waals surface area contributed by atoms with E-state index in [1.165, 1.54) is 19.1 Å². The first kappa shape index (κ1) is 14.5. The van der Waals surface area contributed by atoms with Crippen LogP contribution in [0.15, 0.2) is 18.2 Å². The van der Waals surface area contributed by atoms with Crippen molar-refractivity contribution >= 4 is 17.3 Å². The van der Waals surface area contributed by atoms with Gasteiger partial charge >= 0.3 is 0 Å². The summed E-state index contributed by atoms with van der Waals surface area (Å²) >= 11 is 1.04. The molecule has 1 aromatic heterocycles. The molecule has 0 saturated heterocycles. The number of rotatable bonds is 6. The predicted octanol–water partition coefficient (Wildman–Crippen LogP) is 2.86. The predicted molar refractivity (Wildman–Crippen MR) is 72.0 cm³/mol. The number of aromatic nitrogens is 2. The third kappa shape index (κ3) is 3.58. The number of carbonyl (C=O) groups excluding carboxylic acids is 1. The standard InChI is InChI=1S/C13H13FN2O3S/c1-8(17)9-3-4-11(10(14)7-9)19-13-15-12(16-20-13)5-6-18-2/h3-4,7H,5-6H2,1-2H3. The van der Waals surface area contributed by atoms with Crippen LogP contribution in [-0.2, 0) is 11.2 Å². The Balaban J connectivity index is 2.09. The molecule has 1 heterocycles. The van der Waals surface area contributed by atoms with Crippen molar-refractivity contribution in [1.82, 2.24) is 9.36 Å². The van der Waals surface area contributed by atoms with Gasteiger partial charge in [0.15, 0.2) is 17.3 Å². The van der Waals surface area contributed by atoms with Crippen molar-refractivity contribution in [3.8, 4) is 10.9 Å². The summed E-state index contributed by atoms with van der Waals surface area (Å²) in [4.78, 5) is 15.2. The molecule has 0 saturated carbocycles. The zero-order valence-corrected chi connectivity index (χ0v) is 11.9. The van der Waals surface area contributed by atoms with Crippen LogP contribution in [0.2, 0.25) is 0 Å². The molecule has 0 spiro atoms. The van der Waals surface area contributed by atoms with Crippen molar-refractivity contribution in [3.05, 3.63) is 35.4 Å². The van der Waals surface area contributed by atoms with Crippen molar-refractivity contribution in [3.63, 3.8) is 0 Å². The first-order valence-corrected chi connectivity index (χ1v) is 6.67. The van der Waals surface area contributed by atoms with Crippen LogP contribution in [0.4, 0.5) is 4.39 Å². The van der Waals surface area contributed by atoms with Gasteiger partial charge in [-0.05, 0) is 25.1 Å². The molecule has 0 fully saturated rings. The molecule has 106 valence electrons. The summed E-state index contributed by atoms with van der Waals surface area (Å²) in [5.74, 6) is -0.198. The average Bonchev–Trinajstić information content (AvgIpc) is 2.86. The highest BCUT2D eigenvalue weighted by atomic mass is 32.1. The van der Waals surface area contributed by atoms with Crippen LogP contribution in [0.1, 0.15) is 23.1 Å². The number of methoxy groups -OCH3 is 1. The number of nitrogens with zero attached hydrogens (tertiary/aromatic N) is 2. The number of ketones is 1. The van der Waals surface area contributed by atoms with Gasteiger partial charge in [0, 0.05) is 30.6 Å². The number of halogens is 1. The van der Waals surface area contributed by atoms with Gasteiger partial charge in [0.05, 0.1) is 6.61 Å². The lowest BCUT2D eigenvalue weighted by molar-refractivity contribution is 0.101. The largest absolute Gasteiger partial charge is 0.427 e. The number of hydrogen-bond donors (Lipinski definition) is 0. The molecule has 0 unspecified atom stereocenters. The number of ether oxygens (including phenoxy) is 2. The summed E-state index contributed by atoms with van der Waals surface area (Å²) in [6.07, 6.45) is 0.572. The van der Waals surface area contributed by atoms with Crippen molar-refractivity contribution < 1.29 is 18.7 Å². The fraction of sp³-hybridized carbons (Fsp3) is 0.308. The van der Waals surface area contributed by atoms with E-state index in [4.69, 9.17) is 9.47 Å².